The van der Waals surface area contributed by atoms with Gasteiger partial charge in [0, 0.05) is 101 Å². The number of rotatable bonds is 4. The maximum absolute atomic E-state index is 3.71. The van der Waals surface area contributed by atoms with Crippen LogP contribution in [-0.2, 0) is 0 Å². The molecule has 0 aromatic carbocycles. The van der Waals surface area contributed by atoms with Crippen LogP contribution < -0.4 is 42.5 Å². The maximum Gasteiger partial charge on any atom is 0.0216 e. The lowest BCUT2D eigenvalue weighted by molar-refractivity contribution is 0.303. The molecule has 0 amide bonds. The van der Waals surface area contributed by atoms with Gasteiger partial charge in [-0.3, -0.25) is 0 Å². The molecule has 40 heavy (non-hydrogen) atoms. The molecule has 8 N–H and O–H groups in total. The Morgan fingerprint density at radius 2 is 0.475 bits per heavy atom. The smallest absolute Gasteiger partial charge is 0.0216 e. The minimum absolute atomic E-state index is 0.510. The zero-order valence-corrected chi connectivity index (χ0v) is 28.6. The average Bonchev–Trinajstić information content (AvgIpc) is 2.86. The van der Waals surface area contributed by atoms with Crippen LogP contribution in [0.25, 0.3) is 0 Å². The van der Waals surface area contributed by atoms with Crippen LogP contribution >= 0.6 is 0 Å². The molecule has 0 saturated carbocycles. The van der Waals surface area contributed by atoms with E-state index >= 15 is 0 Å². The summed E-state index contributed by atoms with van der Waals surface area (Å²) >= 11 is 0. The van der Waals surface area contributed by atoms with Crippen molar-refractivity contribution >= 4 is 0 Å². The summed E-state index contributed by atoms with van der Waals surface area (Å²) < 4.78 is 0. The molecule has 2 heterocycles. The van der Waals surface area contributed by atoms with Gasteiger partial charge in [-0.1, -0.05) is 55.4 Å². The van der Waals surface area contributed by atoms with E-state index in [1.165, 1.54) is 0 Å². The van der Waals surface area contributed by atoms with Crippen molar-refractivity contribution in [1.29, 1.82) is 0 Å². The molecule has 2 aliphatic heterocycles. The highest BCUT2D eigenvalue weighted by Gasteiger charge is 2.21. The molecule has 0 aromatic heterocycles. The first-order chi connectivity index (χ1) is 18.8. The summed E-state index contributed by atoms with van der Waals surface area (Å²) in [5.41, 5.74) is 0. The third kappa shape index (κ3) is 16.4. The molecular formula is C32H72N8. The van der Waals surface area contributed by atoms with Gasteiger partial charge in [-0.15, -0.1) is 0 Å². The van der Waals surface area contributed by atoms with Gasteiger partial charge in [0.2, 0.25) is 0 Å². The summed E-state index contributed by atoms with van der Waals surface area (Å²) in [5, 5.41) is 29.5. The summed E-state index contributed by atoms with van der Waals surface area (Å²) in [6.07, 6.45) is 0. The molecule has 0 aromatic rings. The lowest BCUT2D eigenvalue weighted by atomic mass is 10.0. The third-order valence-electron chi connectivity index (χ3n) is 8.71. The quantitative estimate of drug-likeness (QED) is 0.262. The lowest BCUT2D eigenvalue weighted by Gasteiger charge is -2.31. The van der Waals surface area contributed by atoms with E-state index in [1.807, 2.05) is 0 Å². The van der Waals surface area contributed by atoms with E-state index in [-0.39, 0.29) is 0 Å². The average molecular weight is 569 g/mol. The number of nitrogens with one attached hydrogen (secondary N) is 8. The molecular weight excluding hydrogens is 496 g/mol. The fourth-order valence-electron chi connectivity index (χ4n) is 5.09. The highest BCUT2D eigenvalue weighted by Crippen LogP contribution is 2.06. The van der Waals surface area contributed by atoms with Crippen molar-refractivity contribution in [1.82, 2.24) is 42.5 Å². The first kappa shape index (κ1) is 37.7. The Labute approximate surface area is 249 Å². The van der Waals surface area contributed by atoms with Crippen LogP contribution in [0.5, 0.6) is 0 Å². The Hall–Kier alpha value is -0.320. The molecule has 2 rings (SSSR count). The normalized spacial score (nSPS) is 34.8. The Kier molecular flexibility index (Phi) is 19.4. The zero-order valence-electron chi connectivity index (χ0n) is 28.6. The second-order valence-corrected chi connectivity index (χ2v) is 14.3. The first-order valence-electron chi connectivity index (χ1n) is 16.7. The van der Waals surface area contributed by atoms with Gasteiger partial charge in [-0.2, -0.15) is 0 Å². The van der Waals surface area contributed by atoms with Crippen LogP contribution in [0.15, 0.2) is 0 Å². The van der Waals surface area contributed by atoms with Gasteiger partial charge in [0.25, 0.3) is 0 Å². The molecule has 0 unspecified atom stereocenters. The van der Waals surface area contributed by atoms with E-state index in [4.69, 9.17) is 0 Å². The van der Waals surface area contributed by atoms with Crippen LogP contribution in [0.1, 0.15) is 83.1 Å². The van der Waals surface area contributed by atoms with Gasteiger partial charge < -0.3 is 42.5 Å². The zero-order chi connectivity index (χ0) is 30.2. The van der Waals surface area contributed by atoms with Gasteiger partial charge in [0.1, 0.15) is 0 Å². The second-order valence-electron chi connectivity index (χ2n) is 14.3. The van der Waals surface area contributed by atoms with Gasteiger partial charge in [0.05, 0.1) is 0 Å². The van der Waals surface area contributed by atoms with Gasteiger partial charge >= 0.3 is 0 Å². The van der Waals surface area contributed by atoms with Crippen molar-refractivity contribution in [2.75, 3.05) is 52.4 Å². The van der Waals surface area contributed by atoms with Crippen molar-refractivity contribution in [3.63, 3.8) is 0 Å². The minimum atomic E-state index is 0.510. The predicted molar refractivity (Wildman–Crippen MR) is 176 cm³/mol. The molecule has 240 valence electrons. The molecule has 0 radical (unpaired) electrons. The fraction of sp³-hybridized carbons (Fsp3) is 1.00. The molecule has 0 spiro atoms. The Balaban J connectivity index is 0.000000400. The maximum atomic E-state index is 3.71. The monoisotopic (exact) mass is 569 g/mol. The molecule has 2 aliphatic rings. The third-order valence-corrected chi connectivity index (χ3v) is 8.71. The van der Waals surface area contributed by atoms with Crippen LogP contribution in [0.3, 0.4) is 0 Å². The second kappa shape index (κ2) is 20.6. The summed E-state index contributed by atoms with van der Waals surface area (Å²) in [6.45, 7) is 35.7. The van der Waals surface area contributed by atoms with Crippen LogP contribution in [0, 0.1) is 23.7 Å². The van der Waals surface area contributed by atoms with Crippen molar-refractivity contribution in [3.8, 4) is 0 Å². The molecule has 2 saturated heterocycles. The van der Waals surface area contributed by atoms with E-state index in [1.54, 1.807) is 0 Å². The number of hydrogen-bond donors (Lipinski definition) is 8. The van der Waals surface area contributed by atoms with Gasteiger partial charge in [-0.25, -0.2) is 0 Å². The van der Waals surface area contributed by atoms with Crippen molar-refractivity contribution in [3.05, 3.63) is 0 Å². The van der Waals surface area contributed by atoms with Gasteiger partial charge in [-0.05, 0) is 51.4 Å². The Morgan fingerprint density at radius 1 is 0.300 bits per heavy atom. The predicted octanol–water partition coefficient (Wildman–Crippen LogP) is 2.37. The van der Waals surface area contributed by atoms with E-state index in [0.717, 1.165) is 52.4 Å². The topological polar surface area (TPSA) is 96.2 Å². The number of hydrogen-bond acceptors (Lipinski definition) is 8. The van der Waals surface area contributed by atoms with E-state index < -0.39 is 0 Å². The summed E-state index contributed by atoms with van der Waals surface area (Å²) in [5.74, 6) is 2.62. The van der Waals surface area contributed by atoms with Crippen LogP contribution in [-0.4, -0.2) is 101 Å². The van der Waals surface area contributed by atoms with Crippen molar-refractivity contribution in [2.45, 2.75) is 131 Å². The minimum Gasteiger partial charge on any atom is -0.311 e. The summed E-state index contributed by atoms with van der Waals surface area (Å²) in [4.78, 5) is 0. The van der Waals surface area contributed by atoms with Crippen molar-refractivity contribution < 1.29 is 0 Å². The van der Waals surface area contributed by atoms with E-state index in [0.29, 0.717) is 72.0 Å². The fourth-order valence-corrected chi connectivity index (χ4v) is 5.09. The summed E-state index contributed by atoms with van der Waals surface area (Å²) in [7, 11) is 0. The molecule has 8 atom stereocenters. The SMILES string of the molecule is CC(C)[C@H]1CN[C@@H](C)CN[C@@H](C(C)C)CN[C@@H](C)CN1.CC(C)[C@H]1CN[C@@H](C)CN[C@@H](C(C)C)CN[C@@H](C)CN1. The lowest BCUT2D eigenvalue weighted by Crippen LogP contribution is -2.55. The summed E-state index contributed by atoms with van der Waals surface area (Å²) in [6, 6.07) is 4.22. The van der Waals surface area contributed by atoms with Crippen LogP contribution in [0.2, 0.25) is 0 Å². The molecule has 2 fully saturated rings. The van der Waals surface area contributed by atoms with Gasteiger partial charge in [0.15, 0.2) is 0 Å². The first-order valence-corrected chi connectivity index (χ1v) is 16.7. The van der Waals surface area contributed by atoms with Crippen molar-refractivity contribution in [2.24, 2.45) is 23.7 Å². The highest BCUT2D eigenvalue weighted by atomic mass is 15.1. The standard InChI is InChI=1S/2C16H36N4/c2*1-11(2)15-9-17-14(6)8-20-16(12(3)4)10-18-13(5)7-19-15/h2*11-20H,7-10H2,1-6H3/t2*13-,14-,15+,16+/m00/s1. The highest BCUT2D eigenvalue weighted by molar-refractivity contribution is 4.84. The van der Waals surface area contributed by atoms with Crippen LogP contribution in [0.4, 0.5) is 0 Å². The molecule has 0 bridgehead atoms. The van der Waals surface area contributed by atoms with E-state index in [2.05, 4.69) is 126 Å². The molecule has 8 nitrogen and oxygen atoms in total. The van der Waals surface area contributed by atoms with E-state index in [9.17, 15) is 0 Å². The Morgan fingerprint density at radius 3 is 0.625 bits per heavy atom. The Bertz CT molecular complexity index is 478. The molecule has 0 aliphatic carbocycles. The largest absolute Gasteiger partial charge is 0.311 e. The molecule has 8 heteroatoms.